The molecule has 2 nitrogen and oxygen atoms in total. The summed E-state index contributed by atoms with van der Waals surface area (Å²) in [5, 5.41) is 0. The molecule has 0 radical (unpaired) electrons. The van der Waals surface area contributed by atoms with E-state index in [1.165, 1.54) is 52.6 Å². The molecule has 0 bridgehead atoms. The second kappa shape index (κ2) is 7.03. The minimum absolute atomic E-state index is 0.106. The van der Waals surface area contributed by atoms with Crippen molar-refractivity contribution in [1.29, 1.82) is 0 Å². The summed E-state index contributed by atoms with van der Waals surface area (Å²) in [4.78, 5) is 4.73. The number of rotatable bonds is 3. The van der Waals surface area contributed by atoms with Crippen LogP contribution in [-0.4, -0.2) is 4.98 Å². The molecule has 5 rings (SSSR count). The number of hydrogen-bond acceptors (Lipinski definition) is 2. The second-order valence-corrected chi connectivity index (χ2v) is 11.0. The smallest absolute Gasteiger partial charge is 0.0708 e. The van der Waals surface area contributed by atoms with E-state index in [0.29, 0.717) is 0 Å². The summed E-state index contributed by atoms with van der Waals surface area (Å²) < 4.78 is 0. The zero-order valence-corrected chi connectivity index (χ0v) is 19.3. The van der Waals surface area contributed by atoms with Crippen molar-refractivity contribution in [3.05, 3.63) is 77.5 Å². The summed E-state index contributed by atoms with van der Waals surface area (Å²) in [7, 11) is 0. The molecular formula is C29H34N2. The molecular weight excluding hydrogens is 376 g/mol. The molecule has 0 amide bonds. The molecule has 0 spiro atoms. The maximum atomic E-state index is 6.50. The largest absolute Gasteiger partial charge is 0.321 e. The van der Waals surface area contributed by atoms with Gasteiger partial charge < -0.3 is 5.73 Å². The lowest BCUT2D eigenvalue weighted by molar-refractivity contribution is 0.253. The molecule has 1 heterocycles. The fourth-order valence-electron chi connectivity index (χ4n) is 5.36. The van der Waals surface area contributed by atoms with Crippen LogP contribution in [-0.2, 0) is 16.4 Å². The van der Waals surface area contributed by atoms with Crippen molar-refractivity contribution < 1.29 is 0 Å². The topological polar surface area (TPSA) is 38.9 Å². The molecule has 1 saturated carbocycles. The summed E-state index contributed by atoms with van der Waals surface area (Å²) in [6.45, 7) is 9.50. The molecule has 2 aromatic carbocycles. The standard InChI is InChI=1S/C29H34N2/c1-27(2)15-16-28(3,4)25-18-22(8-11-24(25)27)26-19-21(12-17-31-26)20-6-9-23(10-7-20)29(30)13-5-14-29/h6-12,17-19H,5,13-16,30H2,1-4H3. The molecule has 31 heavy (non-hydrogen) atoms. The normalized spacial score (nSPS) is 20.5. The summed E-state index contributed by atoms with van der Waals surface area (Å²) >= 11 is 0. The summed E-state index contributed by atoms with van der Waals surface area (Å²) in [5.74, 6) is 0. The van der Waals surface area contributed by atoms with E-state index >= 15 is 0 Å². The molecule has 1 fully saturated rings. The summed E-state index contributed by atoms with van der Waals surface area (Å²) in [6.07, 6.45) is 7.82. The lowest BCUT2D eigenvalue weighted by Gasteiger charge is -2.42. The van der Waals surface area contributed by atoms with E-state index < -0.39 is 0 Å². The molecule has 2 N–H and O–H groups in total. The van der Waals surface area contributed by atoms with Gasteiger partial charge in [-0.1, -0.05) is 64.1 Å². The van der Waals surface area contributed by atoms with E-state index in [1.807, 2.05) is 6.20 Å². The Balaban J connectivity index is 1.50. The first-order valence-corrected chi connectivity index (χ1v) is 11.7. The van der Waals surface area contributed by atoms with Gasteiger partial charge in [-0.3, -0.25) is 4.98 Å². The highest BCUT2D eigenvalue weighted by Crippen LogP contribution is 2.46. The van der Waals surface area contributed by atoms with E-state index in [2.05, 4.69) is 82.3 Å². The predicted octanol–water partition coefficient (Wildman–Crippen LogP) is 7.10. The van der Waals surface area contributed by atoms with Crippen LogP contribution in [0, 0.1) is 0 Å². The van der Waals surface area contributed by atoms with Gasteiger partial charge in [-0.05, 0) is 89.0 Å². The number of aromatic nitrogens is 1. The quantitative estimate of drug-likeness (QED) is 0.500. The Labute approximate surface area is 186 Å². The monoisotopic (exact) mass is 410 g/mol. The number of nitrogens with two attached hydrogens (primary N) is 1. The first-order valence-electron chi connectivity index (χ1n) is 11.7. The van der Waals surface area contributed by atoms with Crippen molar-refractivity contribution in [2.24, 2.45) is 5.73 Å². The first-order chi connectivity index (χ1) is 14.7. The van der Waals surface area contributed by atoms with Gasteiger partial charge in [0.25, 0.3) is 0 Å². The summed E-state index contributed by atoms with van der Waals surface area (Å²) in [5.41, 5.74) is 15.7. The highest BCUT2D eigenvalue weighted by Gasteiger charge is 2.37. The van der Waals surface area contributed by atoms with Crippen LogP contribution in [0.25, 0.3) is 22.4 Å². The molecule has 160 valence electrons. The van der Waals surface area contributed by atoms with E-state index in [1.54, 1.807) is 0 Å². The number of hydrogen-bond donors (Lipinski definition) is 1. The SMILES string of the molecule is CC1(C)CCC(C)(C)c2cc(-c3cc(-c4ccc(C5(N)CCC5)cc4)ccn3)ccc21. The third-order valence-electron chi connectivity index (χ3n) is 7.95. The molecule has 1 aromatic heterocycles. The third-order valence-corrected chi connectivity index (χ3v) is 7.95. The number of pyridine rings is 1. The molecule has 3 aromatic rings. The van der Waals surface area contributed by atoms with E-state index in [0.717, 1.165) is 18.5 Å². The third kappa shape index (κ3) is 3.51. The van der Waals surface area contributed by atoms with Crippen LogP contribution in [0.4, 0.5) is 0 Å². The van der Waals surface area contributed by atoms with Gasteiger partial charge in [-0.25, -0.2) is 0 Å². The Morgan fingerprint density at radius 1 is 0.677 bits per heavy atom. The Morgan fingerprint density at radius 3 is 1.97 bits per heavy atom. The number of benzene rings is 2. The number of nitrogens with zero attached hydrogens (tertiary/aromatic N) is 1. The second-order valence-electron chi connectivity index (χ2n) is 11.0. The average molecular weight is 411 g/mol. The van der Waals surface area contributed by atoms with E-state index in [9.17, 15) is 0 Å². The van der Waals surface area contributed by atoms with Gasteiger partial charge in [0.2, 0.25) is 0 Å². The highest BCUT2D eigenvalue weighted by atomic mass is 14.8. The minimum atomic E-state index is -0.106. The fraction of sp³-hybridized carbons (Fsp3) is 0.414. The zero-order valence-electron chi connectivity index (χ0n) is 19.3. The van der Waals surface area contributed by atoms with Crippen molar-refractivity contribution in [1.82, 2.24) is 4.98 Å². The highest BCUT2D eigenvalue weighted by molar-refractivity contribution is 5.71. The average Bonchev–Trinajstić information content (AvgIpc) is 2.75. The van der Waals surface area contributed by atoms with Crippen LogP contribution in [0.2, 0.25) is 0 Å². The molecule has 0 atom stereocenters. The molecule has 0 unspecified atom stereocenters. The van der Waals surface area contributed by atoms with Crippen molar-refractivity contribution >= 4 is 0 Å². The molecule has 0 aliphatic heterocycles. The van der Waals surface area contributed by atoms with E-state index in [-0.39, 0.29) is 16.4 Å². The lowest BCUT2D eigenvalue weighted by atomic mass is 9.63. The molecule has 2 aliphatic rings. The van der Waals surface area contributed by atoms with Gasteiger partial charge in [0.05, 0.1) is 5.69 Å². The van der Waals surface area contributed by atoms with Crippen molar-refractivity contribution in [3.63, 3.8) is 0 Å². The molecule has 0 saturated heterocycles. The Morgan fingerprint density at radius 2 is 1.32 bits per heavy atom. The molecule has 2 aliphatic carbocycles. The van der Waals surface area contributed by atoms with Gasteiger partial charge in [0, 0.05) is 17.3 Å². The van der Waals surface area contributed by atoms with Crippen molar-refractivity contribution in [3.8, 4) is 22.4 Å². The Kier molecular flexibility index (Phi) is 4.64. The molecule has 2 heteroatoms. The van der Waals surface area contributed by atoms with Crippen LogP contribution in [0.3, 0.4) is 0 Å². The fourth-order valence-corrected chi connectivity index (χ4v) is 5.36. The van der Waals surface area contributed by atoms with Gasteiger partial charge in [0.15, 0.2) is 0 Å². The maximum Gasteiger partial charge on any atom is 0.0708 e. The van der Waals surface area contributed by atoms with Crippen LogP contribution >= 0.6 is 0 Å². The van der Waals surface area contributed by atoms with Gasteiger partial charge >= 0.3 is 0 Å². The van der Waals surface area contributed by atoms with Gasteiger partial charge in [-0.2, -0.15) is 0 Å². The van der Waals surface area contributed by atoms with Crippen LogP contribution < -0.4 is 5.73 Å². The van der Waals surface area contributed by atoms with Crippen molar-refractivity contribution in [2.75, 3.05) is 0 Å². The number of fused-ring (bicyclic) bond motifs is 1. The lowest BCUT2D eigenvalue weighted by Crippen LogP contribution is -2.43. The van der Waals surface area contributed by atoms with Crippen molar-refractivity contribution in [2.45, 2.75) is 76.2 Å². The summed E-state index contributed by atoms with van der Waals surface area (Å²) in [6, 6.07) is 20.1. The van der Waals surface area contributed by atoms with Gasteiger partial charge in [0.1, 0.15) is 0 Å². The first kappa shape index (κ1) is 20.5. The van der Waals surface area contributed by atoms with Crippen LogP contribution in [0.1, 0.15) is 76.5 Å². The Bertz CT molecular complexity index is 1120. The zero-order chi connectivity index (χ0) is 21.9. The minimum Gasteiger partial charge on any atom is -0.321 e. The van der Waals surface area contributed by atoms with Crippen LogP contribution in [0.5, 0.6) is 0 Å². The Hall–Kier alpha value is -2.45. The van der Waals surface area contributed by atoms with Crippen LogP contribution in [0.15, 0.2) is 60.8 Å². The maximum absolute atomic E-state index is 6.50. The van der Waals surface area contributed by atoms with Gasteiger partial charge in [-0.15, -0.1) is 0 Å². The predicted molar refractivity (Wildman–Crippen MR) is 130 cm³/mol. The van der Waals surface area contributed by atoms with E-state index in [4.69, 9.17) is 10.7 Å².